The van der Waals surface area contributed by atoms with Gasteiger partial charge in [-0.1, -0.05) is 29.8 Å². The number of hydrogen-bond acceptors (Lipinski definition) is 5. The molecule has 3 unspecified atom stereocenters. The predicted molar refractivity (Wildman–Crippen MR) is 84.0 cm³/mol. The Hall–Kier alpha value is 0.505. The third-order valence-electron chi connectivity index (χ3n) is 3.10. The van der Waals surface area contributed by atoms with E-state index in [1.807, 2.05) is 0 Å². The molecule has 0 radical (unpaired) electrons. The Balaban J connectivity index is 4.51. The lowest BCUT2D eigenvalue weighted by Gasteiger charge is -2.29. The molecule has 126 valence electrons. The summed E-state index contributed by atoms with van der Waals surface area (Å²) in [4.78, 5) is 9.27. The van der Waals surface area contributed by atoms with Gasteiger partial charge in [0, 0.05) is 18.8 Å². The van der Waals surface area contributed by atoms with Crippen molar-refractivity contribution in [3.8, 4) is 0 Å². The van der Waals surface area contributed by atoms with Crippen molar-refractivity contribution in [3.05, 3.63) is 0 Å². The molecule has 0 aromatic rings. The molecule has 21 heavy (non-hydrogen) atoms. The molecule has 0 heterocycles. The molecular formula is C11H24BBrFO6P. The Morgan fingerprint density at radius 1 is 1.48 bits per heavy atom. The molecule has 5 atom stereocenters. The summed E-state index contributed by atoms with van der Waals surface area (Å²) in [6.07, 6.45) is -0.410. The van der Waals surface area contributed by atoms with Gasteiger partial charge in [-0.25, -0.2) is 4.39 Å². The van der Waals surface area contributed by atoms with Gasteiger partial charge < -0.3 is 19.8 Å². The highest BCUT2D eigenvalue weighted by Crippen LogP contribution is 2.52. The molecule has 0 aromatic carbocycles. The average Bonchev–Trinajstić information content (AvgIpc) is 2.44. The van der Waals surface area contributed by atoms with Gasteiger partial charge in [0.2, 0.25) is 5.85 Å². The fourth-order valence-electron chi connectivity index (χ4n) is 1.46. The minimum atomic E-state index is -4.43. The van der Waals surface area contributed by atoms with E-state index in [0.29, 0.717) is 0 Å². The summed E-state index contributed by atoms with van der Waals surface area (Å²) < 4.78 is 36.2. The van der Waals surface area contributed by atoms with Crippen molar-refractivity contribution in [2.24, 2.45) is 0 Å². The van der Waals surface area contributed by atoms with Crippen LogP contribution in [-0.4, -0.2) is 58.7 Å². The third-order valence-corrected chi connectivity index (χ3v) is 5.85. The molecule has 0 rings (SSSR count). The zero-order valence-corrected chi connectivity index (χ0v) is 15.0. The van der Waals surface area contributed by atoms with E-state index in [2.05, 4.69) is 20.5 Å². The van der Waals surface area contributed by atoms with Crippen LogP contribution in [0, 0.1) is 0 Å². The molecule has 0 fully saturated rings. The maximum atomic E-state index is 14.4. The Bertz CT molecular complexity index is 353. The number of halogens is 2. The lowest BCUT2D eigenvalue weighted by atomic mass is 9.97. The van der Waals surface area contributed by atoms with Crippen molar-refractivity contribution in [3.63, 3.8) is 0 Å². The largest absolute Gasteiger partial charge is 0.395 e. The Morgan fingerprint density at radius 2 is 2.05 bits per heavy atom. The number of aliphatic hydroxyl groups excluding tert-OH is 2. The van der Waals surface area contributed by atoms with Gasteiger partial charge in [-0.3, -0.25) is 9.09 Å². The lowest BCUT2D eigenvalue weighted by molar-refractivity contribution is -0.0989. The maximum absolute atomic E-state index is 14.4. The molecule has 0 aliphatic rings. The van der Waals surface area contributed by atoms with Crippen LogP contribution in [0.1, 0.15) is 33.1 Å². The van der Waals surface area contributed by atoms with Crippen LogP contribution >= 0.6 is 23.5 Å². The second-order valence-electron chi connectivity index (χ2n) is 4.81. The highest BCUT2D eigenvalue weighted by atomic mass is 79.9. The highest BCUT2D eigenvalue weighted by Gasteiger charge is 2.41. The Morgan fingerprint density at radius 3 is 2.48 bits per heavy atom. The third kappa shape index (κ3) is 7.55. The molecule has 3 N–H and O–H groups in total. The first-order valence-electron chi connectivity index (χ1n) is 6.88. The molecule has 0 aliphatic heterocycles. The molecule has 0 spiro atoms. The van der Waals surface area contributed by atoms with Crippen molar-refractivity contribution in [2.75, 3.05) is 13.2 Å². The van der Waals surface area contributed by atoms with E-state index in [9.17, 15) is 19.0 Å². The van der Waals surface area contributed by atoms with E-state index in [1.165, 1.54) is 13.8 Å². The molecule has 0 aliphatic carbocycles. The topological polar surface area (TPSA) is 96.2 Å². The fraction of sp³-hybridized carbons (Fsp3) is 1.00. The van der Waals surface area contributed by atoms with Crippen molar-refractivity contribution < 1.29 is 33.3 Å². The second-order valence-corrected chi connectivity index (χ2v) is 7.89. The van der Waals surface area contributed by atoms with Crippen LogP contribution in [-0.2, 0) is 13.8 Å². The standard InChI is InChI=1S/C11H24BBrFO6P/c1-3-9(16)21(17,18)20-11(14,4-2)5-6-19-10(12)8(13)7-15/h8-10,15-16H,3-7,12H2,1-2H3,(H,17,18)/t8-,9?,10-,11?/m1/s1. The minimum Gasteiger partial charge on any atom is -0.395 e. The van der Waals surface area contributed by atoms with Gasteiger partial charge in [0.25, 0.3) is 0 Å². The van der Waals surface area contributed by atoms with E-state index in [0.717, 1.165) is 0 Å². The molecule has 0 saturated carbocycles. The first-order valence-corrected chi connectivity index (χ1v) is 9.44. The second kappa shape index (κ2) is 9.60. The van der Waals surface area contributed by atoms with Crippen molar-refractivity contribution in [2.45, 2.75) is 55.6 Å². The quantitative estimate of drug-likeness (QED) is 0.277. The zero-order chi connectivity index (χ0) is 16.7. The van der Waals surface area contributed by atoms with Gasteiger partial charge in [-0.15, -0.1) is 0 Å². The van der Waals surface area contributed by atoms with Crippen LogP contribution < -0.4 is 0 Å². The molecule has 6 nitrogen and oxygen atoms in total. The van der Waals surface area contributed by atoms with E-state index in [-0.39, 0.29) is 43.3 Å². The van der Waals surface area contributed by atoms with Gasteiger partial charge in [0.15, 0.2) is 5.85 Å². The number of rotatable bonds is 11. The van der Waals surface area contributed by atoms with Gasteiger partial charge in [0.1, 0.15) is 7.85 Å². The van der Waals surface area contributed by atoms with Crippen LogP contribution in [0.2, 0.25) is 0 Å². The molecule has 0 aromatic heterocycles. The van der Waals surface area contributed by atoms with E-state index in [1.54, 1.807) is 7.85 Å². The van der Waals surface area contributed by atoms with E-state index < -0.39 is 19.3 Å². The van der Waals surface area contributed by atoms with Crippen LogP contribution in [0.5, 0.6) is 0 Å². The SMILES string of the molecule is B[C@H](OCCC(F)(CC)OP(=O)(O)C(O)CC)[C@H](Br)CO. The molecular weight excluding hydrogens is 369 g/mol. The van der Waals surface area contributed by atoms with Crippen LogP contribution in [0.25, 0.3) is 0 Å². The zero-order valence-electron chi connectivity index (χ0n) is 12.5. The lowest BCUT2D eigenvalue weighted by Crippen LogP contribution is -2.32. The number of alkyl halides is 2. The fourth-order valence-corrected chi connectivity index (χ4v) is 2.89. The Labute approximate surface area is 134 Å². The van der Waals surface area contributed by atoms with Gasteiger partial charge in [-0.05, 0) is 6.42 Å². The summed E-state index contributed by atoms with van der Waals surface area (Å²) in [5, 5.41) is 18.3. The summed E-state index contributed by atoms with van der Waals surface area (Å²) in [6.45, 7) is 2.80. The number of aliphatic hydroxyl groups is 2. The number of hydrogen-bond donors (Lipinski definition) is 3. The summed E-state index contributed by atoms with van der Waals surface area (Å²) >= 11 is 3.20. The summed E-state index contributed by atoms with van der Waals surface area (Å²) in [5.41, 5.74) is 0. The highest BCUT2D eigenvalue weighted by molar-refractivity contribution is 9.09. The summed E-state index contributed by atoms with van der Waals surface area (Å²) in [7, 11) is -2.73. The van der Waals surface area contributed by atoms with Crippen molar-refractivity contribution in [1.29, 1.82) is 0 Å². The molecule has 0 bridgehead atoms. The molecule has 0 saturated heterocycles. The molecule has 0 amide bonds. The van der Waals surface area contributed by atoms with E-state index >= 15 is 0 Å². The normalized spacial score (nSPS) is 22.0. The average molecular weight is 393 g/mol. The van der Waals surface area contributed by atoms with Gasteiger partial charge in [-0.2, -0.15) is 0 Å². The Kier molecular flexibility index (Phi) is 9.83. The van der Waals surface area contributed by atoms with Crippen molar-refractivity contribution >= 4 is 31.4 Å². The van der Waals surface area contributed by atoms with E-state index in [4.69, 9.17) is 9.84 Å². The maximum Gasteiger partial charge on any atom is 0.359 e. The van der Waals surface area contributed by atoms with Crippen LogP contribution in [0.4, 0.5) is 4.39 Å². The predicted octanol–water partition coefficient (Wildman–Crippen LogP) is 1.11. The monoisotopic (exact) mass is 392 g/mol. The first kappa shape index (κ1) is 21.5. The minimum absolute atomic E-state index is 0.0110. The van der Waals surface area contributed by atoms with Gasteiger partial charge in [0.05, 0.1) is 18.0 Å². The van der Waals surface area contributed by atoms with Gasteiger partial charge >= 0.3 is 7.60 Å². The summed E-state index contributed by atoms with van der Waals surface area (Å²) in [6, 6.07) is -0.349. The van der Waals surface area contributed by atoms with Crippen LogP contribution in [0.15, 0.2) is 0 Å². The van der Waals surface area contributed by atoms with Crippen LogP contribution in [0.3, 0.4) is 0 Å². The summed E-state index contributed by atoms with van der Waals surface area (Å²) in [5.74, 6) is -3.96. The molecule has 10 heteroatoms. The first-order chi connectivity index (χ1) is 9.61. The smallest absolute Gasteiger partial charge is 0.359 e. The number of ether oxygens (including phenoxy) is 1. The van der Waals surface area contributed by atoms with Crippen molar-refractivity contribution in [1.82, 2.24) is 0 Å².